The van der Waals surface area contributed by atoms with E-state index in [1.165, 1.54) is 16.8 Å². The summed E-state index contributed by atoms with van der Waals surface area (Å²) in [4.78, 5) is 34.0. The summed E-state index contributed by atoms with van der Waals surface area (Å²) in [7, 11) is 0. The number of carbonyl (C=O) groups is 1. The van der Waals surface area contributed by atoms with E-state index < -0.39 is 0 Å². The van der Waals surface area contributed by atoms with Gasteiger partial charge in [-0.15, -0.1) is 0 Å². The molecule has 0 spiro atoms. The summed E-state index contributed by atoms with van der Waals surface area (Å²) in [5.74, 6) is -0.140. The van der Waals surface area contributed by atoms with Crippen molar-refractivity contribution in [3.63, 3.8) is 0 Å². The SMILES string of the molecule is O=C(c1ccc(=O)n(Cc2ccccc2)n1)N1CCN(Cc2cn3ccccc3n2)CC1. The first-order valence-electron chi connectivity index (χ1n) is 10.7. The van der Waals surface area contributed by atoms with Crippen molar-refractivity contribution in [2.24, 2.45) is 0 Å². The Hall–Kier alpha value is -3.78. The summed E-state index contributed by atoms with van der Waals surface area (Å²) in [6.07, 6.45) is 4.04. The number of imidazole rings is 1. The fourth-order valence-corrected chi connectivity index (χ4v) is 4.00. The van der Waals surface area contributed by atoms with E-state index in [0.717, 1.165) is 36.5 Å². The molecule has 8 nitrogen and oxygen atoms in total. The molecule has 0 radical (unpaired) electrons. The standard InChI is InChI=1S/C24H24N6O2/c31-23-10-9-21(26-30(23)16-19-6-2-1-3-7-19)24(32)28-14-12-27(13-15-28)17-20-18-29-11-5-4-8-22(29)25-20/h1-11,18H,12-17H2. The highest BCUT2D eigenvalue weighted by Gasteiger charge is 2.24. The number of hydrogen-bond donors (Lipinski definition) is 0. The fraction of sp³-hybridized carbons (Fsp3) is 0.250. The molecule has 0 atom stereocenters. The Morgan fingerprint density at radius 2 is 1.66 bits per heavy atom. The number of benzene rings is 1. The molecule has 0 N–H and O–H groups in total. The van der Waals surface area contributed by atoms with E-state index in [2.05, 4.69) is 15.0 Å². The van der Waals surface area contributed by atoms with Crippen molar-refractivity contribution in [3.8, 4) is 0 Å². The molecule has 1 fully saturated rings. The van der Waals surface area contributed by atoms with Gasteiger partial charge < -0.3 is 9.30 Å². The van der Waals surface area contributed by atoms with Gasteiger partial charge in [-0.3, -0.25) is 14.5 Å². The van der Waals surface area contributed by atoms with Crippen molar-refractivity contribution < 1.29 is 4.79 Å². The van der Waals surface area contributed by atoms with Crippen LogP contribution >= 0.6 is 0 Å². The molecule has 3 aromatic heterocycles. The van der Waals surface area contributed by atoms with Crippen LogP contribution < -0.4 is 5.56 Å². The van der Waals surface area contributed by atoms with Gasteiger partial charge in [-0.1, -0.05) is 36.4 Å². The number of amides is 1. The van der Waals surface area contributed by atoms with Crippen LogP contribution in [0.2, 0.25) is 0 Å². The molecule has 4 aromatic rings. The van der Waals surface area contributed by atoms with Gasteiger partial charge in [0.2, 0.25) is 0 Å². The molecule has 5 rings (SSSR count). The molecule has 0 unspecified atom stereocenters. The number of carbonyl (C=O) groups excluding carboxylic acids is 1. The highest BCUT2D eigenvalue weighted by molar-refractivity contribution is 5.92. The molecule has 1 aromatic carbocycles. The molecule has 8 heteroatoms. The lowest BCUT2D eigenvalue weighted by atomic mass is 10.2. The molecule has 4 heterocycles. The average Bonchev–Trinajstić information content (AvgIpc) is 3.23. The van der Waals surface area contributed by atoms with Crippen LogP contribution in [0.5, 0.6) is 0 Å². The predicted molar refractivity (Wildman–Crippen MR) is 120 cm³/mol. The Kier molecular flexibility index (Phi) is 5.51. The summed E-state index contributed by atoms with van der Waals surface area (Å²) in [5.41, 5.74) is 3.00. The fourth-order valence-electron chi connectivity index (χ4n) is 4.00. The van der Waals surface area contributed by atoms with Crippen molar-refractivity contribution >= 4 is 11.6 Å². The third kappa shape index (κ3) is 4.31. The van der Waals surface area contributed by atoms with Crippen molar-refractivity contribution in [1.29, 1.82) is 0 Å². The Morgan fingerprint density at radius 1 is 0.875 bits per heavy atom. The van der Waals surface area contributed by atoms with Gasteiger partial charge >= 0.3 is 0 Å². The van der Waals surface area contributed by atoms with Gasteiger partial charge in [0.25, 0.3) is 11.5 Å². The Bertz CT molecular complexity index is 1260. The molecule has 32 heavy (non-hydrogen) atoms. The Labute approximate surface area is 185 Å². The van der Waals surface area contributed by atoms with E-state index in [4.69, 9.17) is 0 Å². The zero-order valence-electron chi connectivity index (χ0n) is 17.7. The van der Waals surface area contributed by atoms with Crippen LogP contribution in [0, 0.1) is 0 Å². The van der Waals surface area contributed by atoms with Crippen LogP contribution in [0.3, 0.4) is 0 Å². The van der Waals surface area contributed by atoms with Gasteiger partial charge in [0, 0.05) is 51.2 Å². The molecule has 0 aliphatic carbocycles. The summed E-state index contributed by atoms with van der Waals surface area (Å²) >= 11 is 0. The molecule has 1 saturated heterocycles. The first-order valence-corrected chi connectivity index (χ1v) is 10.7. The second-order valence-corrected chi connectivity index (χ2v) is 7.97. The van der Waals surface area contributed by atoms with E-state index in [1.54, 1.807) is 4.90 Å². The van der Waals surface area contributed by atoms with Crippen molar-refractivity contribution in [1.82, 2.24) is 29.0 Å². The molecular weight excluding hydrogens is 404 g/mol. The Balaban J connectivity index is 1.22. The smallest absolute Gasteiger partial charge is 0.274 e. The zero-order valence-corrected chi connectivity index (χ0v) is 17.7. The second-order valence-electron chi connectivity index (χ2n) is 7.97. The molecule has 1 aliphatic heterocycles. The van der Waals surface area contributed by atoms with E-state index >= 15 is 0 Å². The third-order valence-electron chi connectivity index (χ3n) is 5.72. The van der Waals surface area contributed by atoms with Gasteiger partial charge in [-0.2, -0.15) is 5.10 Å². The number of hydrogen-bond acceptors (Lipinski definition) is 5. The number of piperazine rings is 1. The molecule has 1 aliphatic rings. The minimum atomic E-state index is -0.220. The lowest BCUT2D eigenvalue weighted by Gasteiger charge is -2.34. The monoisotopic (exact) mass is 428 g/mol. The minimum absolute atomic E-state index is 0.140. The lowest BCUT2D eigenvalue weighted by molar-refractivity contribution is 0.0619. The number of fused-ring (bicyclic) bond motifs is 1. The minimum Gasteiger partial charge on any atom is -0.335 e. The van der Waals surface area contributed by atoms with Crippen LogP contribution in [0.1, 0.15) is 21.7 Å². The topological polar surface area (TPSA) is 75.7 Å². The summed E-state index contributed by atoms with van der Waals surface area (Å²) < 4.78 is 3.37. The van der Waals surface area contributed by atoms with Gasteiger partial charge in [0.1, 0.15) is 11.3 Å². The van der Waals surface area contributed by atoms with Crippen molar-refractivity contribution in [2.45, 2.75) is 13.1 Å². The maximum atomic E-state index is 13.0. The van der Waals surface area contributed by atoms with Crippen molar-refractivity contribution in [3.05, 3.63) is 100 Å². The van der Waals surface area contributed by atoms with Gasteiger partial charge in [0.05, 0.1) is 12.2 Å². The van der Waals surface area contributed by atoms with E-state index in [9.17, 15) is 9.59 Å². The van der Waals surface area contributed by atoms with Crippen LogP contribution in [-0.4, -0.2) is 61.1 Å². The summed E-state index contributed by atoms with van der Waals surface area (Å²) in [6, 6.07) is 18.5. The third-order valence-corrected chi connectivity index (χ3v) is 5.72. The van der Waals surface area contributed by atoms with Gasteiger partial charge in [-0.05, 0) is 23.8 Å². The maximum Gasteiger partial charge on any atom is 0.274 e. The zero-order chi connectivity index (χ0) is 21.9. The van der Waals surface area contributed by atoms with E-state index in [1.807, 2.05) is 65.3 Å². The van der Waals surface area contributed by atoms with Crippen LogP contribution in [0.4, 0.5) is 0 Å². The Morgan fingerprint density at radius 3 is 2.44 bits per heavy atom. The number of rotatable bonds is 5. The van der Waals surface area contributed by atoms with E-state index in [-0.39, 0.29) is 11.5 Å². The lowest BCUT2D eigenvalue weighted by Crippen LogP contribution is -2.48. The quantitative estimate of drug-likeness (QED) is 0.485. The first kappa shape index (κ1) is 20.1. The molecule has 1 amide bonds. The van der Waals surface area contributed by atoms with E-state index in [0.29, 0.717) is 25.3 Å². The largest absolute Gasteiger partial charge is 0.335 e. The first-order chi connectivity index (χ1) is 15.7. The number of nitrogens with zero attached hydrogens (tertiary/aromatic N) is 6. The maximum absolute atomic E-state index is 13.0. The summed E-state index contributed by atoms with van der Waals surface area (Å²) in [5, 5.41) is 4.34. The van der Waals surface area contributed by atoms with Crippen LogP contribution in [0.15, 0.2) is 77.9 Å². The van der Waals surface area contributed by atoms with Crippen molar-refractivity contribution in [2.75, 3.05) is 26.2 Å². The average molecular weight is 428 g/mol. The summed E-state index contributed by atoms with van der Waals surface area (Å²) in [6.45, 7) is 3.86. The number of aromatic nitrogens is 4. The second kappa shape index (κ2) is 8.76. The highest BCUT2D eigenvalue weighted by Crippen LogP contribution is 2.12. The van der Waals surface area contributed by atoms with Gasteiger partial charge in [0.15, 0.2) is 0 Å². The predicted octanol–water partition coefficient (Wildman–Crippen LogP) is 1.90. The molecular formula is C24H24N6O2. The molecule has 0 saturated carbocycles. The van der Waals surface area contributed by atoms with Crippen LogP contribution in [-0.2, 0) is 13.1 Å². The normalized spacial score (nSPS) is 14.7. The van der Waals surface area contributed by atoms with Gasteiger partial charge in [-0.25, -0.2) is 9.67 Å². The van der Waals surface area contributed by atoms with Crippen LogP contribution in [0.25, 0.3) is 5.65 Å². The highest BCUT2D eigenvalue weighted by atomic mass is 16.2. The number of pyridine rings is 1. The molecule has 0 bridgehead atoms. The molecule has 162 valence electrons.